The summed E-state index contributed by atoms with van der Waals surface area (Å²) in [6, 6.07) is 9.33. The molecule has 0 saturated heterocycles. The topological polar surface area (TPSA) is 73.2 Å². The largest absolute Gasteiger partial charge is 0.353 e. The normalized spacial score (nSPS) is 15.2. The summed E-state index contributed by atoms with van der Waals surface area (Å²) in [5, 5.41) is 12.3. The molecule has 0 aliphatic heterocycles. The van der Waals surface area contributed by atoms with Crippen molar-refractivity contribution in [3.63, 3.8) is 0 Å². The van der Waals surface area contributed by atoms with Crippen LogP contribution < -0.4 is 10.2 Å². The molecule has 1 aliphatic carbocycles. The minimum absolute atomic E-state index is 0.0254. The zero-order valence-corrected chi connectivity index (χ0v) is 14.3. The van der Waals surface area contributed by atoms with Crippen molar-refractivity contribution in [1.29, 1.82) is 5.26 Å². The third kappa shape index (κ3) is 5.09. The van der Waals surface area contributed by atoms with Crippen LogP contribution in [0.3, 0.4) is 0 Å². The summed E-state index contributed by atoms with van der Waals surface area (Å²) >= 11 is 0. The lowest BCUT2D eigenvalue weighted by Gasteiger charge is -2.23. The van der Waals surface area contributed by atoms with Gasteiger partial charge in [0, 0.05) is 25.9 Å². The molecule has 0 unspecified atom stereocenters. The summed E-state index contributed by atoms with van der Waals surface area (Å²) in [4.78, 5) is 25.7. The Balaban J connectivity index is 1.95. The summed E-state index contributed by atoms with van der Waals surface area (Å²) in [7, 11) is 0. The molecule has 1 N–H and O–H groups in total. The van der Waals surface area contributed by atoms with Crippen molar-refractivity contribution in [3.05, 3.63) is 29.8 Å². The first-order valence-electron chi connectivity index (χ1n) is 8.68. The van der Waals surface area contributed by atoms with E-state index >= 15 is 0 Å². The Kier molecular flexibility index (Phi) is 6.80. The lowest BCUT2D eigenvalue weighted by atomic mass is 10.1. The summed E-state index contributed by atoms with van der Waals surface area (Å²) < 4.78 is 0. The molecule has 1 aromatic rings. The number of para-hydroxylation sites is 1. The van der Waals surface area contributed by atoms with Crippen LogP contribution in [0.15, 0.2) is 24.3 Å². The molecule has 2 amide bonds. The second-order valence-corrected chi connectivity index (χ2v) is 6.31. The van der Waals surface area contributed by atoms with Crippen LogP contribution in [-0.2, 0) is 9.59 Å². The van der Waals surface area contributed by atoms with E-state index < -0.39 is 0 Å². The molecule has 0 heterocycles. The second kappa shape index (κ2) is 9.07. The first-order chi connectivity index (χ1) is 11.6. The predicted octanol–water partition coefficient (Wildman–Crippen LogP) is 3.14. The molecule has 5 nitrogen and oxygen atoms in total. The Morgan fingerprint density at radius 3 is 2.50 bits per heavy atom. The second-order valence-electron chi connectivity index (χ2n) is 6.31. The lowest BCUT2D eigenvalue weighted by Crippen LogP contribution is -2.38. The summed E-state index contributed by atoms with van der Waals surface area (Å²) in [5.41, 5.74) is 1.01. The van der Waals surface area contributed by atoms with Gasteiger partial charge in [-0.1, -0.05) is 37.8 Å². The van der Waals surface area contributed by atoms with Gasteiger partial charge in [0.15, 0.2) is 0 Å². The molecule has 24 heavy (non-hydrogen) atoms. The first kappa shape index (κ1) is 18.0. The van der Waals surface area contributed by atoms with Gasteiger partial charge in [0.25, 0.3) is 0 Å². The van der Waals surface area contributed by atoms with Crippen LogP contribution in [0.25, 0.3) is 0 Å². The maximum Gasteiger partial charge on any atom is 0.223 e. The number of carbonyl (C=O) groups is 2. The Bertz CT molecular complexity index is 613. The van der Waals surface area contributed by atoms with Crippen LogP contribution in [0.1, 0.15) is 57.4 Å². The summed E-state index contributed by atoms with van der Waals surface area (Å²) in [6.07, 6.45) is 7.15. The zero-order chi connectivity index (χ0) is 17.4. The van der Waals surface area contributed by atoms with Crippen molar-refractivity contribution < 1.29 is 9.59 Å². The fraction of sp³-hybridized carbons (Fsp3) is 0.526. The first-order valence-corrected chi connectivity index (χ1v) is 8.68. The predicted molar refractivity (Wildman–Crippen MR) is 93.4 cm³/mol. The molecule has 1 aromatic carbocycles. The van der Waals surface area contributed by atoms with Crippen LogP contribution in [0, 0.1) is 11.3 Å². The molecule has 1 aliphatic rings. The molecular weight excluding hydrogens is 302 g/mol. The molecule has 0 radical (unpaired) electrons. The highest BCUT2D eigenvalue weighted by atomic mass is 16.2. The number of carbonyl (C=O) groups excluding carboxylic acids is 2. The highest BCUT2D eigenvalue weighted by Gasteiger charge is 2.18. The van der Waals surface area contributed by atoms with Gasteiger partial charge in [-0.05, 0) is 25.0 Å². The molecule has 0 aromatic heterocycles. The molecule has 5 heteroatoms. The number of anilines is 1. The van der Waals surface area contributed by atoms with Crippen molar-refractivity contribution in [2.75, 3.05) is 11.4 Å². The maximum absolute atomic E-state index is 12.2. The number of rotatable bonds is 5. The number of nitrogens with one attached hydrogen (secondary N) is 1. The Morgan fingerprint density at radius 1 is 1.21 bits per heavy atom. The molecule has 2 rings (SSSR count). The Morgan fingerprint density at radius 2 is 1.88 bits per heavy atom. The van der Waals surface area contributed by atoms with Gasteiger partial charge in [0.1, 0.15) is 6.07 Å². The molecular formula is C19H25N3O2. The fourth-order valence-corrected chi connectivity index (χ4v) is 3.19. The fourth-order valence-electron chi connectivity index (χ4n) is 3.19. The molecule has 128 valence electrons. The van der Waals surface area contributed by atoms with Crippen molar-refractivity contribution >= 4 is 17.5 Å². The Labute approximate surface area is 143 Å². The maximum atomic E-state index is 12.2. The average Bonchev–Trinajstić information content (AvgIpc) is 2.83. The SMILES string of the molecule is CC(=O)N(CCC(=O)NC1CCCCCC1)c1ccccc1C#N. The smallest absolute Gasteiger partial charge is 0.223 e. The highest BCUT2D eigenvalue weighted by molar-refractivity contribution is 5.93. The number of benzene rings is 1. The standard InChI is InChI=1S/C19H25N3O2/c1-15(23)22(18-11-7-6-8-16(18)14-20)13-12-19(24)21-17-9-4-2-3-5-10-17/h6-8,11,17H,2-5,9-10,12-13H2,1H3,(H,21,24). The minimum Gasteiger partial charge on any atom is -0.353 e. The number of nitrogens with zero attached hydrogens (tertiary/aromatic N) is 2. The van der Waals surface area contributed by atoms with Crippen LogP contribution in [-0.4, -0.2) is 24.4 Å². The van der Waals surface area contributed by atoms with Gasteiger partial charge >= 0.3 is 0 Å². The van der Waals surface area contributed by atoms with E-state index in [2.05, 4.69) is 11.4 Å². The van der Waals surface area contributed by atoms with E-state index in [1.54, 1.807) is 24.3 Å². The van der Waals surface area contributed by atoms with E-state index in [4.69, 9.17) is 0 Å². The van der Waals surface area contributed by atoms with Gasteiger partial charge in [0.05, 0.1) is 11.3 Å². The van der Waals surface area contributed by atoms with Crippen molar-refractivity contribution in [2.24, 2.45) is 0 Å². The van der Waals surface area contributed by atoms with Gasteiger partial charge < -0.3 is 10.2 Å². The number of amides is 2. The summed E-state index contributed by atoms with van der Waals surface area (Å²) in [6.45, 7) is 1.74. The number of nitriles is 1. The molecule has 1 fully saturated rings. The van der Waals surface area contributed by atoms with E-state index in [1.807, 2.05) is 0 Å². The van der Waals surface area contributed by atoms with Gasteiger partial charge in [-0.2, -0.15) is 5.26 Å². The Hall–Kier alpha value is -2.35. The molecule has 0 spiro atoms. The van der Waals surface area contributed by atoms with Crippen molar-refractivity contribution in [1.82, 2.24) is 5.32 Å². The van der Waals surface area contributed by atoms with E-state index in [0.717, 1.165) is 12.8 Å². The number of hydrogen-bond donors (Lipinski definition) is 1. The average molecular weight is 327 g/mol. The minimum atomic E-state index is -0.167. The van der Waals surface area contributed by atoms with Gasteiger partial charge in [-0.25, -0.2) is 0 Å². The van der Waals surface area contributed by atoms with E-state index in [1.165, 1.54) is 37.5 Å². The lowest BCUT2D eigenvalue weighted by molar-refractivity contribution is -0.121. The van der Waals surface area contributed by atoms with Crippen LogP contribution in [0.4, 0.5) is 5.69 Å². The molecule has 0 atom stereocenters. The van der Waals surface area contributed by atoms with E-state index in [-0.39, 0.29) is 30.8 Å². The van der Waals surface area contributed by atoms with Crippen LogP contribution in [0.5, 0.6) is 0 Å². The van der Waals surface area contributed by atoms with Crippen LogP contribution >= 0.6 is 0 Å². The highest BCUT2D eigenvalue weighted by Crippen LogP contribution is 2.20. The van der Waals surface area contributed by atoms with E-state index in [9.17, 15) is 14.9 Å². The third-order valence-corrected chi connectivity index (χ3v) is 4.48. The quantitative estimate of drug-likeness (QED) is 0.844. The molecule has 0 bridgehead atoms. The van der Waals surface area contributed by atoms with Gasteiger partial charge in [-0.3, -0.25) is 9.59 Å². The molecule has 1 saturated carbocycles. The van der Waals surface area contributed by atoms with Gasteiger partial charge in [0.2, 0.25) is 11.8 Å². The summed E-state index contributed by atoms with van der Waals surface area (Å²) in [5.74, 6) is -0.192. The zero-order valence-electron chi connectivity index (χ0n) is 14.3. The monoisotopic (exact) mass is 327 g/mol. The van der Waals surface area contributed by atoms with Crippen molar-refractivity contribution in [2.45, 2.75) is 57.9 Å². The third-order valence-electron chi connectivity index (χ3n) is 4.48. The van der Waals surface area contributed by atoms with Crippen molar-refractivity contribution in [3.8, 4) is 6.07 Å². The van der Waals surface area contributed by atoms with Gasteiger partial charge in [-0.15, -0.1) is 0 Å². The van der Waals surface area contributed by atoms with Crippen LogP contribution in [0.2, 0.25) is 0 Å². The van der Waals surface area contributed by atoms with E-state index in [0.29, 0.717) is 11.3 Å². The number of hydrogen-bond acceptors (Lipinski definition) is 3.